The molecule has 2 rings (SSSR count). The molecular weight excluding hydrogens is 374 g/mol. The molecule has 0 saturated heterocycles. The normalized spacial score (nSPS) is 10.3. The van der Waals surface area contributed by atoms with Gasteiger partial charge >= 0.3 is 0 Å². The van der Waals surface area contributed by atoms with E-state index in [1.54, 1.807) is 19.2 Å². The van der Waals surface area contributed by atoms with Gasteiger partial charge in [0.2, 0.25) is 0 Å². The summed E-state index contributed by atoms with van der Waals surface area (Å²) in [6.45, 7) is 2.78. The molecule has 0 aliphatic rings. The Morgan fingerprint density at radius 3 is 2.71 bits per heavy atom. The predicted molar refractivity (Wildman–Crippen MR) is 95.3 cm³/mol. The van der Waals surface area contributed by atoms with E-state index in [1.807, 2.05) is 19.1 Å². The van der Waals surface area contributed by atoms with Gasteiger partial charge in [-0.05, 0) is 52.7 Å². The summed E-state index contributed by atoms with van der Waals surface area (Å²) in [7, 11) is 1.56. The van der Waals surface area contributed by atoms with Crippen LogP contribution in [0.5, 0.6) is 0 Å². The van der Waals surface area contributed by atoms with Crippen LogP contribution in [-0.4, -0.2) is 37.1 Å². The van der Waals surface area contributed by atoms with Crippen LogP contribution in [0.15, 0.2) is 41.0 Å². The van der Waals surface area contributed by atoms with Crippen molar-refractivity contribution in [3.05, 3.63) is 57.8 Å². The standard InChI is InChI=1S/C17H18BrN3O3/c1-11-3-4-14(13(18)9-11)21-17(23)15-10-12(5-6-19-15)16(22)20-7-8-24-2/h3-6,9-10H,7-8H2,1-2H3,(H,20,22)(H,21,23). The zero-order valence-electron chi connectivity index (χ0n) is 13.4. The highest BCUT2D eigenvalue weighted by Crippen LogP contribution is 2.23. The van der Waals surface area contributed by atoms with Crippen LogP contribution < -0.4 is 10.6 Å². The topological polar surface area (TPSA) is 80.3 Å². The number of pyridine rings is 1. The highest BCUT2D eigenvalue weighted by atomic mass is 79.9. The molecule has 2 amide bonds. The van der Waals surface area contributed by atoms with Crippen LogP contribution in [0.25, 0.3) is 0 Å². The van der Waals surface area contributed by atoms with Gasteiger partial charge in [0.05, 0.1) is 12.3 Å². The maximum atomic E-state index is 12.3. The molecule has 0 radical (unpaired) electrons. The number of amides is 2. The van der Waals surface area contributed by atoms with E-state index in [1.165, 1.54) is 12.3 Å². The summed E-state index contributed by atoms with van der Waals surface area (Å²) in [6.07, 6.45) is 1.43. The van der Waals surface area contributed by atoms with Crippen LogP contribution in [0.3, 0.4) is 0 Å². The minimum Gasteiger partial charge on any atom is -0.383 e. The molecule has 1 heterocycles. The molecule has 0 unspecified atom stereocenters. The van der Waals surface area contributed by atoms with Crippen molar-refractivity contribution in [2.45, 2.75) is 6.92 Å². The van der Waals surface area contributed by atoms with E-state index < -0.39 is 0 Å². The predicted octanol–water partition coefficient (Wildman–Crippen LogP) is 2.78. The maximum absolute atomic E-state index is 12.3. The van der Waals surface area contributed by atoms with Crippen LogP contribution in [0.2, 0.25) is 0 Å². The van der Waals surface area contributed by atoms with Crippen molar-refractivity contribution in [1.29, 1.82) is 0 Å². The molecule has 6 nitrogen and oxygen atoms in total. The smallest absolute Gasteiger partial charge is 0.274 e. The summed E-state index contributed by atoms with van der Waals surface area (Å²) in [5, 5.41) is 5.47. The molecule has 7 heteroatoms. The zero-order chi connectivity index (χ0) is 17.5. The number of ether oxygens (including phenoxy) is 1. The van der Waals surface area contributed by atoms with E-state index in [9.17, 15) is 9.59 Å². The van der Waals surface area contributed by atoms with Crippen molar-refractivity contribution in [3.8, 4) is 0 Å². The Kier molecular flexibility index (Phi) is 6.45. The first-order valence-corrected chi connectivity index (χ1v) is 8.11. The van der Waals surface area contributed by atoms with Crippen molar-refractivity contribution in [3.63, 3.8) is 0 Å². The molecule has 0 saturated carbocycles. The van der Waals surface area contributed by atoms with Crippen molar-refractivity contribution < 1.29 is 14.3 Å². The number of nitrogens with one attached hydrogen (secondary N) is 2. The Bertz CT molecular complexity index is 750. The van der Waals surface area contributed by atoms with Crippen LogP contribution in [0.1, 0.15) is 26.4 Å². The van der Waals surface area contributed by atoms with Crippen molar-refractivity contribution in [2.24, 2.45) is 0 Å². The number of benzene rings is 1. The number of halogens is 1. The fraction of sp³-hybridized carbons (Fsp3) is 0.235. The lowest BCUT2D eigenvalue weighted by Crippen LogP contribution is -2.27. The van der Waals surface area contributed by atoms with Gasteiger partial charge in [-0.25, -0.2) is 0 Å². The van der Waals surface area contributed by atoms with Crippen molar-refractivity contribution >= 4 is 33.4 Å². The van der Waals surface area contributed by atoms with E-state index in [2.05, 4.69) is 31.5 Å². The second kappa shape index (κ2) is 8.56. The number of hydrogen-bond acceptors (Lipinski definition) is 4. The van der Waals surface area contributed by atoms with E-state index in [0.717, 1.165) is 10.0 Å². The SMILES string of the molecule is COCCNC(=O)c1ccnc(C(=O)Nc2ccc(C)cc2Br)c1. The third kappa shape index (κ3) is 4.87. The zero-order valence-corrected chi connectivity index (χ0v) is 15.0. The number of methoxy groups -OCH3 is 1. The quantitative estimate of drug-likeness (QED) is 0.741. The second-order valence-corrected chi connectivity index (χ2v) is 5.97. The third-order valence-corrected chi connectivity index (χ3v) is 3.88. The molecule has 2 N–H and O–H groups in total. The number of rotatable bonds is 6. The number of carbonyl (C=O) groups excluding carboxylic acids is 2. The minimum atomic E-state index is -0.383. The van der Waals surface area contributed by atoms with E-state index in [4.69, 9.17) is 4.74 Å². The summed E-state index contributed by atoms with van der Waals surface area (Å²) in [6, 6.07) is 8.62. The molecule has 1 aromatic carbocycles. The van der Waals surface area contributed by atoms with Gasteiger partial charge in [-0.1, -0.05) is 6.07 Å². The molecule has 126 valence electrons. The Hall–Kier alpha value is -2.25. The molecule has 0 atom stereocenters. The van der Waals surface area contributed by atoms with Crippen molar-refractivity contribution in [2.75, 3.05) is 25.6 Å². The number of aromatic nitrogens is 1. The van der Waals surface area contributed by atoms with Gasteiger partial charge in [-0.2, -0.15) is 0 Å². The number of anilines is 1. The molecule has 2 aromatic rings. The molecular formula is C17H18BrN3O3. The van der Waals surface area contributed by atoms with Crippen LogP contribution in [0.4, 0.5) is 5.69 Å². The minimum absolute atomic E-state index is 0.168. The van der Waals surface area contributed by atoms with Crippen LogP contribution >= 0.6 is 15.9 Å². The summed E-state index contributed by atoms with van der Waals surface area (Å²) < 4.78 is 5.66. The lowest BCUT2D eigenvalue weighted by molar-refractivity contribution is 0.0937. The summed E-state index contributed by atoms with van der Waals surface area (Å²) >= 11 is 3.41. The van der Waals surface area contributed by atoms with E-state index in [-0.39, 0.29) is 17.5 Å². The lowest BCUT2D eigenvalue weighted by Gasteiger charge is -2.09. The average molecular weight is 392 g/mol. The van der Waals surface area contributed by atoms with E-state index in [0.29, 0.717) is 24.4 Å². The Balaban J connectivity index is 2.09. The first kappa shape index (κ1) is 18.1. The largest absolute Gasteiger partial charge is 0.383 e. The van der Waals surface area contributed by atoms with E-state index >= 15 is 0 Å². The molecule has 24 heavy (non-hydrogen) atoms. The maximum Gasteiger partial charge on any atom is 0.274 e. The van der Waals surface area contributed by atoms with Crippen LogP contribution in [-0.2, 0) is 4.74 Å². The summed E-state index contributed by atoms with van der Waals surface area (Å²) in [5.74, 6) is -0.661. The van der Waals surface area contributed by atoms with Crippen LogP contribution in [0, 0.1) is 6.92 Å². The van der Waals surface area contributed by atoms with Gasteiger partial charge in [0.15, 0.2) is 0 Å². The van der Waals surface area contributed by atoms with Gasteiger partial charge in [0, 0.05) is 29.9 Å². The van der Waals surface area contributed by atoms with Gasteiger partial charge in [0.1, 0.15) is 5.69 Å². The molecule has 0 spiro atoms. The van der Waals surface area contributed by atoms with Gasteiger partial charge in [-0.3, -0.25) is 14.6 Å². The highest BCUT2D eigenvalue weighted by Gasteiger charge is 2.13. The number of hydrogen-bond donors (Lipinski definition) is 2. The Morgan fingerprint density at radius 1 is 1.21 bits per heavy atom. The monoisotopic (exact) mass is 391 g/mol. The molecule has 1 aromatic heterocycles. The first-order chi connectivity index (χ1) is 11.5. The highest BCUT2D eigenvalue weighted by molar-refractivity contribution is 9.10. The first-order valence-electron chi connectivity index (χ1n) is 7.32. The lowest BCUT2D eigenvalue weighted by atomic mass is 10.2. The molecule has 0 fully saturated rings. The van der Waals surface area contributed by atoms with Gasteiger partial charge in [0.25, 0.3) is 11.8 Å². The molecule has 0 bridgehead atoms. The summed E-state index contributed by atoms with van der Waals surface area (Å²) in [5.41, 5.74) is 2.26. The fourth-order valence-electron chi connectivity index (χ4n) is 1.97. The number of carbonyl (C=O) groups is 2. The summed E-state index contributed by atoms with van der Waals surface area (Å²) in [4.78, 5) is 28.4. The number of aryl methyl sites for hydroxylation is 1. The Morgan fingerprint density at radius 2 is 2.00 bits per heavy atom. The average Bonchev–Trinajstić information content (AvgIpc) is 2.57. The van der Waals surface area contributed by atoms with Gasteiger partial charge < -0.3 is 15.4 Å². The second-order valence-electron chi connectivity index (χ2n) is 5.12. The molecule has 0 aliphatic heterocycles. The Labute approximate surface area is 148 Å². The fourth-order valence-corrected chi connectivity index (χ4v) is 2.56. The molecule has 0 aliphatic carbocycles. The van der Waals surface area contributed by atoms with Gasteiger partial charge in [-0.15, -0.1) is 0 Å². The third-order valence-electron chi connectivity index (χ3n) is 3.22. The number of nitrogens with zero attached hydrogens (tertiary/aromatic N) is 1. The van der Waals surface area contributed by atoms with Crippen molar-refractivity contribution in [1.82, 2.24) is 10.3 Å².